The Kier molecular flexibility index (Phi) is 8.95. The van der Waals surface area contributed by atoms with Crippen molar-refractivity contribution < 1.29 is 26.3 Å². The molecule has 0 heterocycles. The summed E-state index contributed by atoms with van der Waals surface area (Å²) in [6, 6.07) is 18.2. The molecule has 3 unspecified atom stereocenters. The van der Waals surface area contributed by atoms with Crippen molar-refractivity contribution in [1.82, 2.24) is 4.90 Å². The predicted molar refractivity (Wildman–Crippen MR) is 127 cm³/mol. The number of nitrogens with zero attached hydrogens (tertiary/aromatic N) is 1. The number of aryl methyl sites for hydroxylation is 1. The predicted octanol–water partition coefficient (Wildman–Crippen LogP) is 8.20. The molecule has 0 amide bonds. The van der Waals surface area contributed by atoms with Gasteiger partial charge in [-0.05, 0) is 75.5 Å². The molecule has 3 rings (SSSR count). The molecular formula is C28H35F6N. The van der Waals surface area contributed by atoms with E-state index in [1.54, 1.807) is 12.1 Å². The second-order valence-electron chi connectivity index (χ2n) is 10.2. The lowest BCUT2D eigenvalue weighted by molar-refractivity contribution is -0.245. The first kappa shape index (κ1) is 27.6. The number of hydrogen-bond acceptors (Lipinski definition) is 1. The first-order valence-electron chi connectivity index (χ1n) is 12.4. The van der Waals surface area contributed by atoms with Gasteiger partial charge in [-0.25, -0.2) is 0 Å². The molecule has 1 nitrogen and oxygen atoms in total. The summed E-state index contributed by atoms with van der Waals surface area (Å²) < 4.78 is 79.4. The summed E-state index contributed by atoms with van der Waals surface area (Å²) in [4.78, 5) is 2.47. The maximum atomic E-state index is 13.2. The van der Waals surface area contributed by atoms with Gasteiger partial charge in [-0.3, -0.25) is 4.90 Å². The molecule has 2 aromatic carbocycles. The van der Waals surface area contributed by atoms with Crippen LogP contribution in [0.3, 0.4) is 0 Å². The number of rotatable bonds is 9. The van der Waals surface area contributed by atoms with Crippen LogP contribution in [0.4, 0.5) is 26.3 Å². The van der Waals surface area contributed by atoms with Crippen molar-refractivity contribution in [2.45, 2.75) is 83.2 Å². The van der Waals surface area contributed by atoms with Gasteiger partial charge in [0.15, 0.2) is 0 Å². The summed E-state index contributed by atoms with van der Waals surface area (Å²) in [6.07, 6.45) is -8.00. The first-order chi connectivity index (χ1) is 16.4. The zero-order valence-corrected chi connectivity index (χ0v) is 20.5. The summed E-state index contributed by atoms with van der Waals surface area (Å²) in [6.45, 7) is 7.51. The van der Waals surface area contributed by atoms with Gasteiger partial charge in [0.2, 0.25) is 0 Å². The molecule has 0 aliphatic heterocycles. The Morgan fingerprint density at radius 1 is 0.743 bits per heavy atom. The van der Waals surface area contributed by atoms with Gasteiger partial charge in [0.1, 0.15) is 0 Å². The zero-order valence-electron chi connectivity index (χ0n) is 20.5. The SMILES string of the molecule is CC(C)N(CCc1ccccc1)C(C)CCc1ccc(C2CC(C(F)(F)F)C(C(F)(F)F)C2)cc1. The van der Waals surface area contributed by atoms with Gasteiger partial charge in [0, 0.05) is 18.6 Å². The highest BCUT2D eigenvalue weighted by Gasteiger charge is 2.59. The van der Waals surface area contributed by atoms with E-state index >= 15 is 0 Å². The molecule has 194 valence electrons. The third-order valence-corrected chi connectivity index (χ3v) is 7.44. The summed E-state index contributed by atoms with van der Waals surface area (Å²) in [5.74, 6) is -5.38. The van der Waals surface area contributed by atoms with Gasteiger partial charge in [-0.1, -0.05) is 54.6 Å². The van der Waals surface area contributed by atoms with Crippen LogP contribution in [0.15, 0.2) is 54.6 Å². The van der Waals surface area contributed by atoms with E-state index in [0.717, 1.165) is 31.4 Å². The summed E-state index contributed by atoms with van der Waals surface area (Å²) >= 11 is 0. The van der Waals surface area contributed by atoms with Crippen molar-refractivity contribution in [3.8, 4) is 0 Å². The van der Waals surface area contributed by atoms with Crippen LogP contribution in [0.5, 0.6) is 0 Å². The topological polar surface area (TPSA) is 3.24 Å². The second kappa shape index (κ2) is 11.4. The molecule has 3 atom stereocenters. The highest BCUT2D eigenvalue weighted by molar-refractivity contribution is 5.27. The normalized spacial score (nSPS) is 22.2. The standard InChI is InChI=1S/C28H35F6N/c1-19(2)35(16-15-21-7-5-4-6-8-21)20(3)9-10-22-11-13-23(14-12-22)24-17-25(27(29,30)31)26(18-24)28(32,33)34/h4-8,11-14,19-20,24-26H,9-10,15-18H2,1-3H3. The van der Waals surface area contributed by atoms with Crippen molar-refractivity contribution in [3.05, 3.63) is 71.3 Å². The van der Waals surface area contributed by atoms with Crippen LogP contribution in [0.1, 0.15) is 62.6 Å². The van der Waals surface area contributed by atoms with Gasteiger partial charge in [-0.15, -0.1) is 0 Å². The van der Waals surface area contributed by atoms with Gasteiger partial charge < -0.3 is 0 Å². The Morgan fingerprint density at radius 2 is 1.26 bits per heavy atom. The summed E-state index contributed by atoms with van der Waals surface area (Å²) in [5, 5.41) is 0. The van der Waals surface area contributed by atoms with Crippen molar-refractivity contribution in [2.24, 2.45) is 11.8 Å². The maximum Gasteiger partial charge on any atom is 0.392 e. The highest BCUT2D eigenvalue weighted by atomic mass is 19.4. The lowest BCUT2D eigenvalue weighted by Crippen LogP contribution is -2.40. The molecule has 1 aliphatic rings. The Balaban J connectivity index is 1.57. The van der Waals surface area contributed by atoms with Crippen LogP contribution < -0.4 is 0 Å². The quantitative estimate of drug-likeness (QED) is 0.314. The van der Waals surface area contributed by atoms with Crippen molar-refractivity contribution in [2.75, 3.05) is 6.54 Å². The van der Waals surface area contributed by atoms with Crippen molar-refractivity contribution in [3.63, 3.8) is 0 Å². The van der Waals surface area contributed by atoms with E-state index in [4.69, 9.17) is 0 Å². The Bertz CT molecular complexity index is 882. The number of hydrogen-bond donors (Lipinski definition) is 0. The Hall–Kier alpha value is -2.02. The monoisotopic (exact) mass is 499 g/mol. The van der Waals surface area contributed by atoms with E-state index in [1.807, 2.05) is 30.3 Å². The Morgan fingerprint density at radius 3 is 1.74 bits per heavy atom. The third kappa shape index (κ3) is 7.48. The number of alkyl halides is 6. The van der Waals surface area contributed by atoms with E-state index in [2.05, 4.69) is 37.8 Å². The van der Waals surface area contributed by atoms with Crippen LogP contribution in [-0.4, -0.2) is 35.9 Å². The molecule has 1 saturated carbocycles. The molecule has 0 bridgehead atoms. The number of halogens is 6. The lowest BCUT2D eigenvalue weighted by atomic mass is 9.94. The fourth-order valence-corrected chi connectivity index (χ4v) is 5.42. The molecule has 7 heteroatoms. The highest BCUT2D eigenvalue weighted by Crippen LogP contribution is 2.54. The van der Waals surface area contributed by atoms with E-state index < -0.39 is 42.9 Å². The fourth-order valence-electron chi connectivity index (χ4n) is 5.42. The van der Waals surface area contributed by atoms with Crippen LogP contribution in [-0.2, 0) is 12.8 Å². The minimum Gasteiger partial charge on any atom is -0.298 e. The average molecular weight is 500 g/mol. The number of benzene rings is 2. The second-order valence-corrected chi connectivity index (χ2v) is 10.2. The van der Waals surface area contributed by atoms with E-state index in [1.165, 1.54) is 5.56 Å². The zero-order chi connectivity index (χ0) is 25.8. The lowest BCUT2D eigenvalue weighted by Gasteiger charge is -2.33. The maximum absolute atomic E-state index is 13.2. The van der Waals surface area contributed by atoms with E-state index in [-0.39, 0.29) is 0 Å². The minimum absolute atomic E-state index is 0.341. The Labute approximate surface area is 204 Å². The average Bonchev–Trinajstić information content (AvgIpc) is 3.26. The van der Waals surface area contributed by atoms with Gasteiger partial charge in [-0.2, -0.15) is 26.3 Å². The molecular weight excluding hydrogens is 464 g/mol. The van der Waals surface area contributed by atoms with Gasteiger partial charge in [0.05, 0.1) is 11.8 Å². The van der Waals surface area contributed by atoms with Crippen LogP contribution in [0, 0.1) is 11.8 Å². The van der Waals surface area contributed by atoms with Crippen LogP contribution in [0.2, 0.25) is 0 Å². The largest absolute Gasteiger partial charge is 0.392 e. The summed E-state index contributed by atoms with van der Waals surface area (Å²) in [5.41, 5.74) is 2.91. The van der Waals surface area contributed by atoms with E-state index in [9.17, 15) is 26.3 Å². The van der Waals surface area contributed by atoms with Crippen molar-refractivity contribution >= 4 is 0 Å². The molecule has 0 radical (unpaired) electrons. The molecule has 1 aliphatic carbocycles. The molecule has 0 saturated heterocycles. The first-order valence-corrected chi connectivity index (χ1v) is 12.4. The van der Waals surface area contributed by atoms with E-state index in [0.29, 0.717) is 17.6 Å². The van der Waals surface area contributed by atoms with Crippen LogP contribution >= 0.6 is 0 Å². The summed E-state index contributed by atoms with van der Waals surface area (Å²) in [7, 11) is 0. The molecule has 0 aromatic heterocycles. The van der Waals surface area contributed by atoms with Crippen LogP contribution in [0.25, 0.3) is 0 Å². The molecule has 1 fully saturated rings. The smallest absolute Gasteiger partial charge is 0.298 e. The molecule has 0 spiro atoms. The van der Waals surface area contributed by atoms with Crippen molar-refractivity contribution in [1.29, 1.82) is 0 Å². The fraction of sp³-hybridized carbons (Fsp3) is 0.571. The third-order valence-electron chi connectivity index (χ3n) is 7.44. The molecule has 0 N–H and O–H groups in total. The minimum atomic E-state index is -4.84. The molecule has 2 aromatic rings. The molecule has 35 heavy (non-hydrogen) atoms. The van der Waals surface area contributed by atoms with Gasteiger partial charge in [0.25, 0.3) is 0 Å². The van der Waals surface area contributed by atoms with Gasteiger partial charge >= 0.3 is 12.4 Å².